The van der Waals surface area contributed by atoms with Crippen LogP contribution < -0.4 is 5.32 Å². The molecule has 1 heterocycles. The fourth-order valence-corrected chi connectivity index (χ4v) is 3.32. The number of alkyl halides is 1. The van der Waals surface area contributed by atoms with Crippen LogP contribution >= 0.6 is 34.4 Å². The van der Waals surface area contributed by atoms with Gasteiger partial charge < -0.3 is 5.32 Å². The van der Waals surface area contributed by atoms with Gasteiger partial charge in [0.2, 0.25) is 0 Å². The van der Waals surface area contributed by atoms with Crippen molar-refractivity contribution in [3.63, 3.8) is 0 Å². The van der Waals surface area contributed by atoms with E-state index in [2.05, 4.69) is 39.7 Å². The molecule has 1 fully saturated rings. The summed E-state index contributed by atoms with van der Waals surface area (Å²) in [4.78, 5) is 0. The molecule has 1 N–H and O–H groups in total. The quantitative estimate of drug-likeness (QED) is 0.598. The Morgan fingerprint density at radius 1 is 1.44 bits per heavy atom. The molecule has 1 aliphatic rings. The van der Waals surface area contributed by atoms with Crippen LogP contribution in [0.3, 0.4) is 0 Å². The van der Waals surface area contributed by atoms with Crippen LogP contribution in [0.2, 0.25) is 0 Å². The number of hydrogen-bond donors (Lipinski definition) is 1. The SMILES string of the molecule is ICSC1CCNCC1. The Labute approximate surface area is 74.5 Å². The Bertz CT molecular complexity index is 70.7. The summed E-state index contributed by atoms with van der Waals surface area (Å²) >= 11 is 4.53. The molecule has 9 heavy (non-hydrogen) atoms. The highest BCUT2D eigenvalue weighted by Crippen LogP contribution is 2.21. The lowest BCUT2D eigenvalue weighted by molar-refractivity contribution is 0.532. The van der Waals surface area contributed by atoms with Gasteiger partial charge in [-0.05, 0) is 25.9 Å². The number of rotatable bonds is 2. The van der Waals surface area contributed by atoms with E-state index in [1.54, 1.807) is 0 Å². The second-order valence-corrected chi connectivity index (χ2v) is 5.31. The maximum absolute atomic E-state index is 3.36. The summed E-state index contributed by atoms with van der Waals surface area (Å²) in [6.07, 6.45) is 2.74. The van der Waals surface area contributed by atoms with Gasteiger partial charge in [-0.15, -0.1) is 11.8 Å². The van der Waals surface area contributed by atoms with E-state index >= 15 is 0 Å². The third kappa shape index (κ3) is 3.09. The van der Waals surface area contributed by atoms with Gasteiger partial charge in [0.25, 0.3) is 0 Å². The van der Waals surface area contributed by atoms with Crippen molar-refractivity contribution in [3.8, 4) is 0 Å². The molecule has 0 amide bonds. The van der Waals surface area contributed by atoms with Crippen molar-refractivity contribution in [2.45, 2.75) is 18.1 Å². The van der Waals surface area contributed by atoms with Gasteiger partial charge in [0.1, 0.15) is 0 Å². The van der Waals surface area contributed by atoms with Gasteiger partial charge in [0, 0.05) is 9.01 Å². The molecule has 1 rings (SSSR count). The lowest BCUT2D eigenvalue weighted by atomic mass is 10.2. The molecule has 0 aromatic carbocycles. The molecule has 3 heteroatoms. The van der Waals surface area contributed by atoms with Gasteiger partial charge in [0.05, 0.1) is 0 Å². The van der Waals surface area contributed by atoms with Gasteiger partial charge in [-0.3, -0.25) is 0 Å². The summed E-state index contributed by atoms with van der Waals surface area (Å²) in [5, 5.41) is 4.30. The third-order valence-electron chi connectivity index (χ3n) is 1.58. The molecular formula is C6H12INS. The van der Waals surface area contributed by atoms with Gasteiger partial charge in [-0.2, -0.15) is 0 Å². The minimum Gasteiger partial charge on any atom is -0.317 e. The Kier molecular flexibility index (Phi) is 4.34. The van der Waals surface area contributed by atoms with E-state index in [-0.39, 0.29) is 0 Å². The lowest BCUT2D eigenvalue weighted by Crippen LogP contribution is -2.29. The van der Waals surface area contributed by atoms with Crippen molar-refractivity contribution >= 4 is 34.4 Å². The van der Waals surface area contributed by atoms with Crippen molar-refractivity contribution in [1.29, 1.82) is 0 Å². The molecule has 0 aliphatic carbocycles. The van der Waals surface area contributed by atoms with Gasteiger partial charge in [0.15, 0.2) is 0 Å². The molecule has 54 valence electrons. The zero-order valence-corrected chi connectivity index (χ0v) is 8.37. The number of halogens is 1. The summed E-state index contributed by atoms with van der Waals surface area (Å²) in [5.41, 5.74) is 0. The van der Waals surface area contributed by atoms with E-state index in [9.17, 15) is 0 Å². The van der Waals surface area contributed by atoms with Crippen LogP contribution in [-0.2, 0) is 0 Å². The van der Waals surface area contributed by atoms with Gasteiger partial charge in [-0.25, -0.2) is 0 Å². The number of hydrogen-bond acceptors (Lipinski definition) is 2. The average Bonchev–Trinajstić information content (AvgIpc) is 1.91. The first-order chi connectivity index (χ1) is 4.43. The van der Waals surface area contributed by atoms with Crippen molar-refractivity contribution in [3.05, 3.63) is 0 Å². The maximum atomic E-state index is 3.36. The molecule has 0 atom stereocenters. The maximum Gasteiger partial charge on any atom is 0.0457 e. The Morgan fingerprint density at radius 3 is 2.67 bits per heavy atom. The number of thioether (sulfide) groups is 1. The second kappa shape index (κ2) is 4.79. The van der Waals surface area contributed by atoms with E-state index in [1.165, 1.54) is 29.7 Å². The summed E-state index contributed by atoms with van der Waals surface area (Å²) in [7, 11) is 0. The van der Waals surface area contributed by atoms with Crippen LogP contribution in [0.5, 0.6) is 0 Å². The zero-order valence-electron chi connectivity index (χ0n) is 5.40. The summed E-state index contributed by atoms with van der Waals surface area (Å²) in [5.74, 6) is 0. The van der Waals surface area contributed by atoms with Crippen LogP contribution in [-0.4, -0.2) is 22.1 Å². The van der Waals surface area contributed by atoms with Crippen molar-refractivity contribution in [2.24, 2.45) is 0 Å². The number of piperidine rings is 1. The molecule has 0 unspecified atom stereocenters. The summed E-state index contributed by atoms with van der Waals surface area (Å²) in [6.45, 7) is 2.46. The highest BCUT2D eigenvalue weighted by molar-refractivity contribution is 14.1. The predicted octanol–water partition coefficient (Wildman–Crippen LogP) is 1.86. The van der Waals surface area contributed by atoms with Crippen LogP contribution in [0.4, 0.5) is 0 Å². The first-order valence-electron chi connectivity index (χ1n) is 3.32. The van der Waals surface area contributed by atoms with Crippen molar-refractivity contribution in [2.75, 3.05) is 16.8 Å². The van der Waals surface area contributed by atoms with E-state index < -0.39 is 0 Å². The first kappa shape index (κ1) is 8.14. The van der Waals surface area contributed by atoms with E-state index in [0.29, 0.717) is 0 Å². The van der Waals surface area contributed by atoms with Crippen LogP contribution in [0.15, 0.2) is 0 Å². The molecule has 0 saturated carbocycles. The molecule has 0 radical (unpaired) electrons. The summed E-state index contributed by atoms with van der Waals surface area (Å²) < 4.78 is 1.25. The minimum atomic E-state index is 0.947. The third-order valence-corrected chi connectivity index (χ3v) is 3.73. The molecule has 0 bridgehead atoms. The molecule has 1 aliphatic heterocycles. The predicted molar refractivity (Wildman–Crippen MR) is 52.4 cm³/mol. The molecule has 0 spiro atoms. The van der Waals surface area contributed by atoms with E-state index in [1.807, 2.05) is 0 Å². The summed E-state index contributed by atoms with van der Waals surface area (Å²) in [6, 6.07) is 0. The smallest absolute Gasteiger partial charge is 0.0457 e. The minimum absolute atomic E-state index is 0.947. The Balaban J connectivity index is 2.08. The Hall–Kier alpha value is 1.04. The molecule has 1 saturated heterocycles. The van der Waals surface area contributed by atoms with Crippen LogP contribution in [0.1, 0.15) is 12.8 Å². The van der Waals surface area contributed by atoms with Crippen molar-refractivity contribution < 1.29 is 0 Å². The topological polar surface area (TPSA) is 12.0 Å². The second-order valence-electron chi connectivity index (χ2n) is 2.23. The zero-order chi connectivity index (χ0) is 6.53. The fraction of sp³-hybridized carbons (Fsp3) is 1.00. The van der Waals surface area contributed by atoms with Crippen LogP contribution in [0.25, 0.3) is 0 Å². The fourth-order valence-electron chi connectivity index (χ4n) is 1.05. The van der Waals surface area contributed by atoms with Crippen molar-refractivity contribution in [1.82, 2.24) is 5.32 Å². The van der Waals surface area contributed by atoms with Gasteiger partial charge in [-0.1, -0.05) is 22.6 Å². The highest BCUT2D eigenvalue weighted by Gasteiger charge is 2.11. The number of nitrogens with one attached hydrogen (secondary N) is 1. The standard InChI is InChI=1S/C6H12INS/c7-5-9-6-1-3-8-4-2-6/h6,8H,1-5H2. The normalized spacial score (nSPS) is 22.3. The largest absolute Gasteiger partial charge is 0.317 e. The average molecular weight is 257 g/mol. The highest BCUT2D eigenvalue weighted by atomic mass is 127. The molecule has 0 aromatic heterocycles. The monoisotopic (exact) mass is 257 g/mol. The molecule has 1 nitrogen and oxygen atoms in total. The Morgan fingerprint density at radius 2 is 2.11 bits per heavy atom. The van der Waals surface area contributed by atoms with E-state index in [0.717, 1.165) is 5.25 Å². The molecule has 0 aromatic rings. The first-order valence-corrected chi connectivity index (χ1v) is 5.89. The van der Waals surface area contributed by atoms with Gasteiger partial charge >= 0.3 is 0 Å². The molecular weight excluding hydrogens is 245 g/mol. The lowest BCUT2D eigenvalue weighted by Gasteiger charge is -2.20. The van der Waals surface area contributed by atoms with E-state index in [4.69, 9.17) is 0 Å². The van der Waals surface area contributed by atoms with Crippen LogP contribution in [0, 0.1) is 0 Å².